The SMILES string of the molecule is c1ccc(-c2ccccc2Nc2ccc3c4c5ccccc5ccc4n(-c4ccccc4)c3c2)cc1. The molecular formula is C34H24N2. The van der Waals surface area contributed by atoms with Gasteiger partial charge in [0.2, 0.25) is 0 Å². The van der Waals surface area contributed by atoms with Gasteiger partial charge in [-0.25, -0.2) is 0 Å². The van der Waals surface area contributed by atoms with Crippen LogP contribution >= 0.6 is 0 Å². The van der Waals surface area contributed by atoms with Crippen molar-refractivity contribution in [1.82, 2.24) is 4.57 Å². The van der Waals surface area contributed by atoms with Gasteiger partial charge in [-0.1, -0.05) is 103 Å². The third-order valence-corrected chi connectivity index (χ3v) is 6.96. The maximum Gasteiger partial charge on any atom is 0.0561 e. The first-order valence-electron chi connectivity index (χ1n) is 12.3. The van der Waals surface area contributed by atoms with Crippen LogP contribution in [0.2, 0.25) is 0 Å². The predicted molar refractivity (Wildman–Crippen MR) is 153 cm³/mol. The first-order valence-corrected chi connectivity index (χ1v) is 12.3. The van der Waals surface area contributed by atoms with Crippen molar-refractivity contribution in [2.24, 2.45) is 0 Å². The van der Waals surface area contributed by atoms with Crippen LogP contribution < -0.4 is 5.32 Å². The minimum Gasteiger partial charge on any atom is -0.355 e. The Morgan fingerprint density at radius 2 is 1.22 bits per heavy atom. The predicted octanol–water partition coefficient (Wildman–Crippen LogP) is 9.35. The van der Waals surface area contributed by atoms with Gasteiger partial charge in [0.1, 0.15) is 0 Å². The maximum atomic E-state index is 3.71. The Bertz CT molecular complexity index is 1850. The summed E-state index contributed by atoms with van der Waals surface area (Å²) in [5, 5.41) is 8.80. The molecule has 1 N–H and O–H groups in total. The van der Waals surface area contributed by atoms with E-state index in [0.29, 0.717) is 0 Å². The topological polar surface area (TPSA) is 17.0 Å². The second kappa shape index (κ2) is 8.44. The van der Waals surface area contributed by atoms with E-state index in [9.17, 15) is 0 Å². The van der Waals surface area contributed by atoms with E-state index >= 15 is 0 Å². The normalized spacial score (nSPS) is 11.3. The summed E-state index contributed by atoms with van der Waals surface area (Å²) < 4.78 is 2.38. The molecular weight excluding hydrogens is 436 g/mol. The minimum atomic E-state index is 1.06. The zero-order chi connectivity index (χ0) is 23.9. The van der Waals surface area contributed by atoms with Gasteiger partial charge < -0.3 is 9.88 Å². The molecule has 0 spiro atoms. The third-order valence-electron chi connectivity index (χ3n) is 6.96. The first kappa shape index (κ1) is 20.5. The quantitative estimate of drug-likeness (QED) is 0.277. The molecule has 6 aromatic carbocycles. The molecule has 1 heterocycles. The second-order valence-electron chi connectivity index (χ2n) is 9.12. The Balaban J connectivity index is 1.45. The van der Waals surface area contributed by atoms with Crippen molar-refractivity contribution in [1.29, 1.82) is 0 Å². The van der Waals surface area contributed by atoms with Gasteiger partial charge in [0, 0.05) is 33.4 Å². The lowest BCUT2D eigenvalue weighted by atomic mass is 10.0. The summed E-state index contributed by atoms with van der Waals surface area (Å²) in [6.07, 6.45) is 0. The average Bonchev–Trinajstić information content (AvgIpc) is 3.28. The van der Waals surface area contributed by atoms with Crippen LogP contribution in [0.25, 0.3) is 49.4 Å². The molecule has 2 nitrogen and oxygen atoms in total. The van der Waals surface area contributed by atoms with Crippen molar-refractivity contribution in [2.75, 3.05) is 5.32 Å². The summed E-state index contributed by atoms with van der Waals surface area (Å²) in [4.78, 5) is 0. The first-order chi connectivity index (χ1) is 17.9. The van der Waals surface area contributed by atoms with E-state index in [-0.39, 0.29) is 0 Å². The van der Waals surface area contributed by atoms with Crippen LogP contribution in [-0.2, 0) is 0 Å². The van der Waals surface area contributed by atoms with Gasteiger partial charge >= 0.3 is 0 Å². The number of nitrogens with one attached hydrogen (secondary N) is 1. The fourth-order valence-electron chi connectivity index (χ4n) is 5.34. The molecule has 1 aromatic heterocycles. The van der Waals surface area contributed by atoms with Gasteiger partial charge in [-0.15, -0.1) is 0 Å². The molecule has 7 aromatic rings. The molecule has 0 atom stereocenters. The molecule has 0 radical (unpaired) electrons. The van der Waals surface area contributed by atoms with Crippen LogP contribution in [0.15, 0.2) is 140 Å². The number of hydrogen-bond donors (Lipinski definition) is 1. The van der Waals surface area contributed by atoms with E-state index < -0.39 is 0 Å². The molecule has 0 saturated heterocycles. The molecule has 36 heavy (non-hydrogen) atoms. The monoisotopic (exact) mass is 460 g/mol. The number of aromatic nitrogens is 1. The van der Waals surface area contributed by atoms with Gasteiger partial charge in [-0.2, -0.15) is 0 Å². The van der Waals surface area contributed by atoms with Gasteiger partial charge in [0.05, 0.1) is 11.0 Å². The van der Waals surface area contributed by atoms with E-state index in [1.54, 1.807) is 0 Å². The van der Waals surface area contributed by atoms with Gasteiger partial charge in [0.25, 0.3) is 0 Å². The molecule has 2 heteroatoms. The summed E-state index contributed by atoms with van der Waals surface area (Å²) in [7, 11) is 0. The molecule has 0 fully saturated rings. The van der Waals surface area contributed by atoms with Crippen LogP contribution in [0.1, 0.15) is 0 Å². The highest BCUT2D eigenvalue weighted by atomic mass is 15.0. The number of hydrogen-bond acceptors (Lipinski definition) is 1. The minimum absolute atomic E-state index is 1.06. The highest BCUT2D eigenvalue weighted by Gasteiger charge is 2.15. The van der Waals surface area contributed by atoms with E-state index in [1.807, 2.05) is 0 Å². The molecule has 0 aliphatic heterocycles. The Morgan fingerprint density at radius 3 is 2.08 bits per heavy atom. The van der Waals surface area contributed by atoms with Crippen LogP contribution in [0.4, 0.5) is 11.4 Å². The van der Waals surface area contributed by atoms with E-state index in [0.717, 1.165) is 17.1 Å². The molecule has 0 aliphatic rings. The number of fused-ring (bicyclic) bond motifs is 5. The molecule has 170 valence electrons. The second-order valence-corrected chi connectivity index (χ2v) is 9.12. The van der Waals surface area contributed by atoms with Gasteiger partial charge in [-0.3, -0.25) is 0 Å². The maximum absolute atomic E-state index is 3.71. The highest BCUT2D eigenvalue weighted by Crippen LogP contribution is 2.39. The van der Waals surface area contributed by atoms with E-state index in [4.69, 9.17) is 0 Å². The fraction of sp³-hybridized carbons (Fsp3) is 0. The smallest absolute Gasteiger partial charge is 0.0561 e. The lowest BCUT2D eigenvalue weighted by molar-refractivity contribution is 1.18. The summed E-state index contributed by atoms with van der Waals surface area (Å²) in [5.74, 6) is 0. The largest absolute Gasteiger partial charge is 0.355 e. The van der Waals surface area contributed by atoms with Crippen LogP contribution in [0.5, 0.6) is 0 Å². The average molecular weight is 461 g/mol. The van der Waals surface area contributed by atoms with Crippen molar-refractivity contribution in [3.63, 3.8) is 0 Å². The van der Waals surface area contributed by atoms with Crippen molar-refractivity contribution in [2.45, 2.75) is 0 Å². The number of nitrogens with zero attached hydrogens (tertiary/aromatic N) is 1. The zero-order valence-corrected chi connectivity index (χ0v) is 19.7. The summed E-state index contributed by atoms with van der Waals surface area (Å²) in [6, 6.07) is 49.5. The van der Waals surface area contributed by atoms with E-state index in [2.05, 4.69) is 149 Å². The lowest BCUT2D eigenvalue weighted by Crippen LogP contribution is -1.96. The number of rotatable bonds is 4. The third kappa shape index (κ3) is 3.35. The summed E-state index contributed by atoms with van der Waals surface area (Å²) >= 11 is 0. The van der Waals surface area contributed by atoms with Crippen molar-refractivity contribution < 1.29 is 0 Å². The van der Waals surface area contributed by atoms with Crippen molar-refractivity contribution >= 4 is 44.0 Å². The summed E-state index contributed by atoms with van der Waals surface area (Å²) in [6.45, 7) is 0. The van der Waals surface area contributed by atoms with Crippen LogP contribution in [-0.4, -0.2) is 4.57 Å². The zero-order valence-electron chi connectivity index (χ0n) is 19.7. The van der Waals surface area contributed by atoms with Crippen molar-refractivity contribution in [3.05, 3.63) is 140 Å². The molecule has 0 amide bonds. The van der Waals surface area contributed by atoms with E-state index in [1.165, 1.54) is 43.7 Å². The van der Waals surface area contributed by atoms with Gasteiger partial charge in [-0.05, 0) is 52.7 Å². The van der Waals surface area contributed by atoms with Crippen LogP contribution in [0.3, 0.4) is 0 Å². The molecule has 7 rings (SSSR count). The molecule has 0 aliphatic carbocycles. The Morgan fingerprint density at radius 1 is 0.500 bits per heavy atom. The fourth-order valence-corrected chi connectivity index (χ4v) is 5.34. The lowest BCUT2D eigenvalue weighted by Gasteiger charge is -2.13. The number of para-hydroxylation sites is 2. The highest BCUT2D eigenvalue weighted by molar-refractivity contribution is 6.21. The Hall–Kier alpha value is -4.82. The molecule has 0 saturated carbocycles. The van der Waals surface area contributed by atoms with Crippen molar-refractivity contribution in [3.8, 4) is 16.8 Å². The van der Waals surface area contributed by atoms with Gasteiger partial charge in [0.15, 0.2) is 0 Å². The number of benzene rings is 6. The molecule has 0 unspecified atom stereocenters. The standard InChI is InChI=1S/C34H24N2/c1-3-11-24(12-4-1)28-16-9-10-18-31(28)35-26-20-21-30-33(23-26)36(27-14-5-2-6-15-27)32-22-19-25-13-7-8-17-29(25)34(30)32/h1-23,35H. The molecule has 0 bridgehead atoms. The van der Waals surface area contributed by atoms with Crippen LogP contribution in [0, 0.1) is 0 Å². The Kier molecular flexibility index (Phi) is 4.82. The Labute approximate surface area is 210 Å². The number of anilines is 2. The summed E-state index contributed by atoms with van der Waals surface area (Å²) in [5.41, 5.74) is 8.12.